The summed E-state index contributed by atoms with van der Waals surface area (Å²) >= 11 is 5.76. The summed E-state index contributed by atoms with van der Waals surface area (Å²) in [7, 11) is 0. The monoisotopic (exact) mass is 264 g/mol. The summed E-state index contributed by atoms with van der Waals surface area (Å²) in [6, 6.07) is 1.22. The molecule has 0 aliphatic heterocycles. The van der Waals surface area contributed by atoms with Gasteiger partial charge in [-0.05, 0) is 13.0 Å². The van der Waals surface area contributed by atoms with Gasteiger partial charge in [0, 0.05) is 5.56 Å². The maximum absolute atomic E-state index is 12.7. The Labute approximate surface area is 102 Å². The van der Waals surface area contributed by atoms with Crippen molar-refractivity contribution >= 4 is 23.4 Å². The number of carbonyl (C=O) groups is 1. The number of nitrogen functional groups attached to an aromatic ring is 1. The first-order valence-corrected chi connectivity index (χ1v) is 5.22. The quantitative estimate of drug-likeness (QED) is 0.848. The van der Waals surface area contributed by atoms with Crippen molar-refractivity contribution < 1.29 is 18.3 Å². The Morgan fingerprint density at radius 3 is 2.82 bits per heavy atom. The van der Waals surface area contributed by atoms with Gasteiger partial charge in [0.2, 0.25) is 0 Å². The zero-order valence-electron chi connectivity index (χ0n) is 9.04. The average molecular weight is 265 g/mol. The molecule has 0 aliphatic carbocycles. The number of ether oxygens (including phenoxy) is 1. The maximum Gasteiger partial charge on any atom is 0.310 e. The minimum atomic E-state index is -2.85. The molecule has 0 unspecified atom stereocenters. The minimum absolute atomic E-state index is 0.0131. The molecule has 0 bridgehead atoms. The molecule has 1 aromatic rings. The largest absolute Gasteiger partial charge is 0.466 e. The van der Waals surface area contributed by atoms with Crippen LogP contribution in [-0.2, 0) is 16.0 Å². The molecule has 1 heterocycles. The van der Waals surface area contributed by atoms with Crippen LogP contribution in [-0.4, -0.2) is 17.6 Å². The van der Waals surface area contributed by atoms with Gasteiger partial charge in [0.25, 0.3) is 6.43 Å². The van der Waals surface area contributed by atoms with E-state index in [0.29, 0.717) is 0 Å². The van der Waals surface area contributed by atoms with Gasteiger partial charge in [-0.1, -0.05) is 11.6 Å². The summed E-state index contributed by atoms with van der Waals surface area (Å²) in [6.07, 6.45) is -3.19. The molecule has 0 saturated carbocycles. The van der Waals surface area contributed by atoms with Crippen molar-refractivity contribution in [1.29, 1.82) is 0 Å². The lowest BCUT2D eigenvalue weighted by Gasteiger charge is -2.10. The average Bonchev–Trinajstić information content (AvgIpc) is 2.21. The van der Waals surface area contributed by atoms with Crippen LogP contribution >= 0.6 is 11.6 Å². The molecule has 0 aromatic carbocycles. The Balaban J connectivity index is 3.08. The molecular formula is C10H11ClF2N2O2. The van der Waals surface area contributed by atoms with Crippen molar-refractivity contribution in [1.82, 2.24) is 4.98 Å². The molecule has 4 nitrogen and oxygen atoms in total. The van der Waals surface area contributed by atoms with Crippen molar-refractivity contribution in [2.45, 2.75) is 19.8 Å². The van der Waals surface area contributed by atoms with Crippen LogP contribution in [0.2, 0.25) is 5.02 Å². The second-order valence-corrected chi connectivity index (χ2v) is 3.58. The van der Waals surface area contributed by atoms with Gasteiger partial charge < -0.3 is 10.5 Å². The number of hydrogen-bond donors (Lipinski definition) is 1. The van der Waals surface area contributed by atoms with Crippen molar-refractivity contribution in [3.63, 3.8) is 0 Å². The number of anilines is 1. The standard InChI is InChI=1S/C10H11ClF2N2O2/c1-2-17-8(16)3-5-6(11)4-7(14)15-9(5)10(12)13/h4,10H,2-3H2,1H3,(H2,14,15). The second-order valence-electron chi connectivity index (χ2n) is 3.18. The van der Waals surface area contributed by atoms with Gasteiger partial charge in [-0.15, -0.1) is 0 Å². The van der Waals surface area contributed by atoms with E-state index < -0.39 is 18.1 Å². The Morgan fingerprint density at radius 2 is 2.29 bits per heavy atom. The summed E-state index contributed by atoms with van der Waals surface area (Å²) in [5, 5.41) is -0.0131. The molecule has 2 N–H and O–H groups in total. The zero-order chi connectivity index (χ0) is 13.0. The molecule has 1 rings (SSSR count). The highest BCUT2D eigenvalue weighted by atomic mass is 35.5. The van der Waals surface area contributed by atoms with E-state index in [0.717, 1.165) is 0 Å². The van der Waals surface area contributed by atoms with Gasteiger partial charge in [-0.25, -0.2) is 13.8 Å². The normalized spacial score (nSPS) is 10.6. The van der Waals surface area contributed by atoms with E-state index in [2.05, 4.69) is 9.72 Å². The molecule has 0 spiro atoms. The molecule has 0 fully saturated rings. The predicted octanol–water partition coefficient (Wildman–Crippen LogP) is 2.36. The summed E-state index contributed by atoms with van der Waals surface area (Å²) in [6.45, 7) is 1.79. The van der Waals surface area contributed by atoms with Gasteiger partial charge in [0.15, 0.2) is 0 Å². The minimum Gasteiger partial charge on any atom is -0.466 e. The molecule has 17 heavy (non-hydrogen) atoms. The molecular weight excluding hydrogens is 254 g/mol. The topological polar surface area (TPSA) is 65.2 Å². The van der Waals surface area contributed by atoms with Crippen molar-refractivity contribution in [3.8, 4) is 0 Å². The van der Waals surface area contributed by atoms with Crippen molar-refractivity contribution in [2.75, 3.05) is 12.3 Å². The molecule has 1 aromatic heterocycles. The molecule has 0 saturated heterocycles. The van der Waals surface area contributed by atoms with Gasteiger partial charge in [0.05, 0.1) is 18.1 Å². The van der Waals surface area contributed by atoms with Gasteiger partial charge in [-0.2, -0.15) is 0 Å². The number of aromatic nitrogens is 1. The van der Waals surface area contributed by atoms with Crippen molar-refractivity contribution in [3.05, 3.63) is 22.3 Å². The third-order valence-corrected chi connectivity index (χ3v) is 2.29. The van der Waals surface area contributed by atoms with Gasteiger partial charge >= 0.3 is 5.97 Å². The van der Waals surface area contributed by atoms with Crippen LogP contribution in [0.15, 0.2) is 6.07 Å². The number of nitrogens with zero attached hydrogens (tertiary/aromatic N) is 1. The van der Waals surface area contributed by atoms with Crippen LogP contribution in [0, 0.1) is 0 Å². The van der Waals surface area contributed by atoms with E-state index in [-0.39, 0.29) is 29.4 Å². The molecule has 0 amide bonds. The Kier molecular flexibility index (Phi) is 4.62. The first-order valence-electron chi connectivity index (χ1n) is 4.84. The number of alkyl halides is 2. The SMILES string of the molecule is CCOC(=O)Cc1c(Cl)cc(N)nc1C(F)F. The lowest BCUT2D eigenvalue weighted by Crippen LogP contribution is -2.12. The third-order valence-electron chi connectivity index (χ3n) is 1.95. The highest BCUT2D eigenvalue weighted by Crippen LogP contribution is 2.28. The number of hydrogen-bond acceptors (Lipinski definition) is 4. The number of rotatable bonds is 4. The number of esters is 1. The fourth-order valence-corrected chi connectivity index (χ4v) is 1.57. The van der Waals surface area contributed by atoms with E-state index in [9.17, 15) is 13.6 Å². The van der Waals surface area contributed by atoms with Crippen LogP contribution in [0.5, 0.6) is 0 Å². The molecule has 94 valence electrons. The number of halogens is 3. The second kappa shape index (κ2) is 5.77. The summed E-state index contributed by atoms with van der Waals surface area (Å²) in [4.78, 5) is 14.7. The van der Waals surface area contributed by atoms with E-state index >= 15 is 0 Å². The summed E-state index contributed by atoms with van der Waals surface area (Å²) in [5.74, 6) is -0.749. The van der Waals surface area contributed by atoms with Crippen LogP contribution in [0.3, 0.4) is 0 Å². The van der Waals surface area contributed by atoms with Crippen LogP contribution in [0.25, 0.3) is 0 Å². The third kappa shape index (κ3) is 3.52. The van der Waals surface area contributed by atoms with Crippen molar-refractivity contribution in [2.24, 2.45) is 0 Å². The molecule has 7 heteroatoms. The van der Waals surface area contributed by atoms with Crippen LogP contribution in [0.4, 0.5) is 14.6 Å². The number of nitrogens with two attached hydrogens (primary N) is 1. The van der Waals surface area contributed by atoms with Crippen LogP contribution < -0.4 is 5.73 Å². The molecule has 0 atom stereocenters. The molecule has 0 radical (unpaired) electrons. The highest BCUT2D eigenvalue weighted by molar-refractivity contribution is 6.31. The van der Waals surface area contributed by atoms with Gasteiger partial charge in [0.1, 0.15) is 11.5 Å². The fraction of sp³-hybridized carbons (Fsp3) is 0.400. The first-order chi connectivity index (χ1) is 7.95. The Morgan fingerprint density at radius 1 is 1.65 bits per heavy atom. The number of carbonyl (C=O) groups excluding carboxylic acids is 1. The zero-order valence-corrected chi connectivity index (χ0v) is 9.80. The summed E-state index contributed by atoms with van der Waals surface area (Å²) in [5.41, 5.74) is 4.68. The smallest absolute Gasteiger partial charge is 0.310 e. The van der Waals surface area contributed by atoms with E-state index in [1.165, 1.54) is 6.07 Å². The lowest BCUT2D eigenvalue weighted by atomic mass is 10.1. The molecule has 0 aliphatic rings. The fourth-order valence-electron chi connectivity index (χ4n) is 1.29. The summed E-state index contributed by atoms with van der Waals surface area (Å²) < 4.78 is 30.1. The number of pyridine rings is 1. The first kappa shape index (κ1) is 13.6. The lowest BCUT2D eigenvalue weighted by molar-refractivity contribution is -0.142. The van der Waals surface area contributed by atoms with E-state index in [4.69, 9.17) is 17.3 Å². The highest BCUT2D eigenvalue weighted by Gasteiger charge is 2.21. The Bertz CT molecular complexity index is 427. The Hall–Kier alpha value is -1.43. The van der Waals surface area contributed by atoms with Crippen LogP contribution in [0.1, 0.15) is 24.6 Å². The predicted molar refractivity (Wildman–Crippen MR) is 59.0 cm³/mol. The van der Waals surface area contributed by atoms with E-state index in [1.54, 1.807) is 6.92 Å². The maximum atomic E-state index is 12.7. The van der Waals surface area contributed by atoms with E-state index in [1.807, 2.05) is 0 Å². The van der Waals surface area contributed by atoms with Gasteiger partial charge in [-0.3, -0.25) is 4.79 Å².